The molecule has 0 spiro atoms. The van der Waals surface area contributed by atoms with Crippen LogP contribution in [0.4, 0.5) is 0 Å². The van der Waals surface area contributed by atoms with E-state index in [1.165, 1.54) is 0 Å². The molecule has 2 aromatic carbocycles. The van der Waals surface area contributed by atoms with Gasteiger partial charge >= 0.3 is 0 Å². The molecule has 0 saturated heterocycles. The molecule has 140 valence electrons. The van der Waals surface area contributed by atoms with Crippen LogP contribution in [0.25, 0.3) is 10.8 Å². The lowest BCUT2D eigenvalue weighted by Crippen LogP contribution is -2.38. The normalized spacial score (nSPS) is 10.6. The van der Waals surface area contributed by atoms with Gasteiger partial charge in [0.15, 0.2) is 0 Å². The van der Waals surface area contributed by atoms with Gasteiger partial charge in [-0.15, -0.1) is 0 Å². The van der Waals surface area contributed by atoms with Crippen LogP contribution >= 0.6 is 0 Å². The Morgan fingerprint density at radius 1 is 1.15 bits per heavy atom. The molecule has 0 aliphatic rings. The molecule has 0 atom stereocenters. The maximum absolute atomic E-state index is 12.6. The van der Waals surface area contributed by atoms with E-state index in [1.807, 2.05) is 37.3 Å². The summed E-state index contributed by atoms with van der Waals surface area (Å²) in [7, 11) is 1.70. The Bertz CT molecular complexity index is 761. The molecule has 0 bridgehead atoms. The van der Waals surface area contributed by atoms with Crippen molar-refractivity contribution in [1.29, 1.82) is 0 Å². The fraction of sp³-hybridized carbons (Fsp3) is 0.400. The van der Waals surface area contributed by atoms with Gasteiger partial charge in [-0.3, -0.25) is 9.59 Å². The minimum Gasteiger partial charge on any atom is -0.493 e. The third-order valence-corrected chi connectivity index (χ3v) is 4.25. The quantitative estimate of drug-likeness (QED) is 0.674. The lowest BCUT2D eigenvalue weighted by atomic mass is 10.1. The largest absolute Gasteiger partial charge is 0.493 e. The van der Waals surface area contributed by atoms with Crippen LogP contribution < -0.4 is 15.8 Å². The van der Waals surface area contributed by atoms with E-state index in [0.29, 0.717) is 31.0 Å². The van der Waals surface area contributed by atoms with Crippen molar-refractivity contribution in [3.63, 3.8) is 0 Å². The van der Waals surface area contributed by atoms with Crippen LogP contribution in [0, 0.1) is 0 Å². The van der Waals surface area contributed by atoms with Crippen LogP contribution in [0.1, 0.15) is 30.1 Å². The SMILES string of the molecule is CCN(C)C(=O)CNC(=O)c1cc2ccccc2cc1OCCCCN. The molecule has 6 heteroatoms. The van der Waals surface area contributed by atoms with Crippen LogP contribution in [0.15, 0.2) is 36.4 Å². The monoisotopic (exact) mass is 357 g/mol. The summed E-state index contributed by atoms with van der Waals surface area (Å²) in [5.74, 6) is 0.0731. The van der Waals surface area contributed by atoms with E-state index in [1.54, 1.807) is 18.0 Å². The summed E-state index contributed by atoms with van der Waals surface area (Å²) >= 11 is 0. The fourth-order valence-corrected chi connectivity index (χ4v) is 2.51. The molecule has 2 aromatic rings. The third-order valence-electron chi connectivity index (χ3n) is 4.25. The molecule has 3 N–H and O–H groups in total. The number of amides is 2. The molecule has 0 aliphatic carbocycles. The Hall–Kier alpha value is -2.60. The number of fused-ring (bicyclic) bond motifs is 1. The number of likely N-dealkylation sites (N-methyl/N-ethyl adjacent to an activating group) is 1. The number of nitrogens with two attached hydrogens (primary N) is 1. The highest BCUT2D eigenvalue weighted by Crippen LogP contribution is 2.26. The van der Waals surface area contributed by atoms with E-state index in [9.17, 15) is 9.59 Å². The summed E-state index contributed by atoms with van der Waals surface area (Å²) in [6.45, 7) is 3.55. The number of rotatable bonds is 9. The Morgan fingerprint density at radius 3 is 2.50 bits per heavy atom. The molecule has 0 aliphatic heterocycles. The first-order chi connectivity index (χ1) is 12.6. The number of nitrogens with one attached hydrogen (secondary N) is 1. The lowest BCUT2D eigenvalue weighted by molar-refractivity contribution is -0.128. The number of unbranched alkanes of at least 4 members (excludes halogenated alkanes) is 1. The zero-order valence-electron chi connectivity index (χ0n) is 15.5. The number of carbonyl (C=O) groups is 2. The van der Waals surface area contributed by atoms with Gasteiger partial charge in [0.25, 0.3) is 5.91 Å². The molecule has 26 heavy (non-hydrogen) atoms. The second kappa shape index (κ2) is 9.77. The molecule has 0 fully saturated rings. The first-order valence-corrected chi connectivity index (χ1v) is 8.94. The van der Waals surface area contributed by atoms with E-state index in [4.69, 9.17) is 10.5 Å². The molecule has 0 radical (unpaired) electrons. The lowest BCUT2D eigenvalue weighted by Gasteiger charge is -2.16. The standard InChI is InChI=1S/C20H27N3O3/c1-3-23(2)19(24)14-22-20(25)17-12-15-8-4-5-9-16(15)13-18(17)26-11-7-6-10-21/h4-5,8-9,12-13H,3,6-7,10-11,14,21H2,1-2H3,(H,22,25). The Balaban J connectivity index is 2.18. The minimum atomic E-state index is -0.317. The summed E-state index contributed by atoms with van der Waals surface area (Å²) in [5.41, 5.74) is 5.94. The molecule has 0 aromatic heterocycles. The van der Waals surface area contributed by atoms with Crippen molar-refractivity contribution in [2.75, 3.05) is 33.3 Å². The average Bonchev–Trinajstić information content (AvgIpc) is 2.67. The molecule has 0 heterocycles. The number of hydrogen-bond donors (Lipinski definition) is 2. The predicted octanol–water partition coefficient (Wildman–Crippen LogP) is 2.17. The smallest absolute Gasteiger partial charge is 0.255 e. The number of carbonyl (C=O) groups excluding carboxylic acids is 2. The highest BCUT2D eigenvalue weighted by Gasteiger charge is 2.16. The Labute approximate surface area is 154 Å². The maximum atomic E-state index is 12.6. The van der Waals surface area contributed by atoms with Crippen molar-refractivity contribution in [2.45, 2.75) is 19.8 Å². The van der Waals surface area contributed by atoms with Gasteiger partial charge < -0.3 is 20.7 Å². The van der Waals surface area contributed by atoms with E-state index >= 15 is 0 Å². The first kappa shape index (κ1) is 19.7. The van der Waals surface area contributed by atoms with Crippen molar-refractivity contribution in [1.82, 2.24) is 10.2 Å². The van der Waals surface area contributed by atoms with Crippen molar-refractivity contribution in [3.8, 4) is 5.75 Å². The van der Waals surface area contributed by atoms with Gasteiger partial charge in [0.1, 0.15) is 5.75 Å². The average molecular weight is 357 g/mol. The zero-order valence-corrected chi connectivity index (χ0v) is 15.5. The van der Waals surface area contributed by atoms with Gasteiger partial charge in [-0.05, 0) is 49.2 Å². The molecular weight excluding hydrogens is 330 g/mol. The number of hydrogen-bond acceptors (Lipinski definition) is 4. The van der Waals surface area contributed by atoms with E-state index in [2.05, 4.69) is 5.32 Å². The summed E-state index contributed by atoms with van der Waals surface area (Å²) < 4.78 is 5.83. The van der Waals surface area contributed by atoms with Crippen LogP contribution in [-0.2, 0) is 4.79 Å². The summed E-state index contributed by atoms with van der Waals surface area (Å²) in [6, 6.07) is 11.5. The van der Waals surface area contributed by atoms with Crippen LogP contribution in [-0.4, -0.2) is 50.0 Å². The second-order valence-electron chi connectivity index (χ2n) is 6.13. The maximum Gasteiger partial charge on any atom is 0.255 e. The molecule has 6 nitrogen and oxygen atoms in total. The predicted molar refractivity (Wildman–Crippen MR) is 103 cm³/mol. The molecule has 0 unspecified atom stereocenters. The van der Waals surface area contributed by atoms with Gasteiger partial charge in [-0.2, -0.15) is 0 Å². The Morgan fingerprint density at radius 2 is 1.85 bits per heavy atom. The Kier molecular flexibility index (Phi) is 7.41. The van der Waals surface area contributed by atoms with Gasteiger partial charge in [-0.1, -0.05) is 24.3 Å². The van der Waals surface area contributed by atoms with Crippen LogP contribution in [0.3, 0.4) is 0 Å². The topological polar surface area (TPSA) is 84.7 Å². The van der Waals surface area contributed by atoms with Gasteiger partial charge in [0.05, 0.1) is 18.7 Å². The van der Waals surface area contributed by atoms with Gasteiger partial charge in [0, 0.05) is 13.6 Å². The highest BCUT2D eigenvalue weighted by atomic mass is 16.5. The molecule has 0 saturated carbocycles. The first-order valence-electron chi connectivity index (χ1n) is 8.94. The molecular formula is C20H27N3O3. The summed E-state index contributed by atoms with van der Waals surface area (Å²) in [5, 5.41) is 4.64. The van der Waals surface area contributed by atoms with Gasteiger partial charge in [-0.25, -0.2) is 0 Å². The third kappa shape index (κ3) is 5.20. The summed E-state index contributed by atoms with van der Waals surface area (Å²) in [4.78, 5) is 26.1. The van der Waals surface area contributed by atoms with Crippen molar-refractivity contribution in [2.24, 2.45) is 5.73 Å². The second-order valence-corrected chi connectivity index (χ2v) is 6.13. The summed E-state index contributed by atoms with van der Waals surface area (Å²) in [6.07, 6.45) is 1.69. The minimum absolute atomic E-state index is 0.0391. The molecule has 2 amide bonds. The van der Waals surface area contributed by atoms with Gasteiger partial charge in [0.2, 0.25) is 5.91 Å². The zero-order chi connectivity index (χ0) is 18.9. The highest BCUT2D eigenvalue weighted by molar-refractivity contribution is 6.02. The van der Waals surface area contributed by atoms with E-state index < -0.39 is 0 Å². The fourth-order valence-electron chi connectivity index (χ4n) is 2.51. The van der Waals surface area contributed by atoms with Crippen molar-refractivity contribution < 1.29 is 14.3 Å². The number of ether oxygens (including phenoxy) is 1. The van der Waals surface area contributed by atoms with Crippen LogP contribution in [0.5, 0.6) is 5.75 Å². The molecule has 2 rings (SSSR count). The van der Waals surface area contributed by atoms with Crippen LogP contribution in [0.2, 0.25) is 0 Å². The van der Waals surface area contributed by atoms with Crippen molar-refractivity contribution in [3.05, 3.63) is 42.0 Å². The van der Waals surface area contributed by atoms with E-state index in [-0.39, 0.29) is 18.4 Å². The van der Waals surface area contributed by atoms with Crippen molar-refractivity contribution >= 4 is 22.6 Å². The van der Waals surface area contributed by atoms with E-state index in [0.717, 1.165) is 23.6 Å². The number of nitrogens with zero attached hydrogens (tertiary/aromatic N) is 1. The number of benzene rings is 2.